The number of rotatable bonds is 5. The number of nitrogens with zero attached hydrogens (tertiary/aromatic N) is 2. The van der Waals surface area contributed by atoms with Crippen molar-refractivity contribution in [2.24, 2.45) is 5.92 Å². The van der Waals surface area contributed by atoms with E-state index in [-0.39, 0.29) is 0 Å². The predicted molar refractivity (Wildman–Crippen MR) is 73.5 cm³/mol. The van der Waals surface area contributed by atoms with Crippen molar-refractivity contribution < 1.29 is 4.79 Å². The van der Waals surface area contributed by atoms with Crippen LogP contribution in [-0.2, 0) is 4.79 Å². The second kappa shape index (κ2) is 7.10. The van der Waals surface area contributed by atoms with Crippen LogP contribution in [0.15, 0.2) is 0 Å². The Morgan fingerprint density at radius 2 is 2.11 bits per heavy atom. The van der Waals surface area contributed by atoms with Gasteiger partial charge in [0.2, 0.25) is 5.91 Å². The lowest BCUT2D eigenvalue weighted by Gasteiger charge is -2.26. The summed E-state index contributed by atoms with van der Waals surface area (Å²) in [5, 5.41) is 3.45. The topological polar surface area (TPSA) is 35.6 Å². The van der Waals surface area contributed by atoms with Gasteiger partial charge in [-0.25, -0.2) is 0 Å². The standard InChI is InChI=1S/C14H27N3O/c1-16(10-6-13-5-4-7-15-11-13)12-14(18)17-8-2-3-9-17/h13,15H,2-12H2,1H3. The van der Waals surface area contributed by atoms with Crippen molar-refractivity contribution in [2.75, 3.05) is 46.3 Å². The molecule has 1 N–H and O–H groups in total. The number of hydrogen-bond acceptors (Lipinski definition) is 3. The second-order valence-corrected chi connectivity index (χ2v) is 5.83. The summed E-state index contributed by atoms with van der Waals surface area (Å²) < 4.78 is 0. The fourth-order valence-electron chi connectivity index (χ4n) is 2.95. The number of amides is 1. The average molecular weight is 253 g/mol. The SMILES string of the molecule is CN(CCC1CCCNC1)CC(=O)N1CCCC1. The van der Waals surface area contributed by atoms with Crippen molar-refractivity contribution in [2.45, 2.75) is 32.1 Å². The van der Waals surface area contributed by atoms with Crippen molar-refractivity contribution in [1.82, 2.24) is 15.1 Å². The third-order valence-electron chi connectivity index (χ3n) is 4.18. The molecule has 2 fully saturated rings. The molecular formula is C14H27N3O. The van der Waals surface area contributed by atoms with Crippen LogP contribution in [0.5, 0.6) is 0 Å². The number of carbonyl (C=O) groups excluding carboxylic acids is 1. The van der Waals surface area contributed by atoms with Gasteiger partial charge < -0.3 is 10.2 Å². The summed E-state index contributed by atoms with van der Waals surface area (Å²) in [6, 6.07) is 0. The molecule has 0 saturated carbocycles. The normalized spacial score (nSPS) is 24.8. The van der Waals surface area contributed by atoms with E-state index >= 15 is 0 Å². The number of nitrogens with one attached hydrogen (secondary N) is 1. The molecule has 2 aliphatic rings. The van der Waals surface area contributed by atoms with Gasteiger partial charge in [-0.15, -0.1) is 0 Å². The zero-order chi connectivity index (χ0) is 12.8. The zero-order valence-corrected chi connectivity index (χ0v) is 11.7. The van der Waals surface area contributed by atoms with E-state index in [9.17, 15) is 4.79 Å². The number of likely N-dealkylation sites (N-methyl/N-ethyl adjacent to an activating group) is 1. The quantitative estimate of drug-likeness (QED) is 0.792. The molecule has 0 radical (unpaired) electrons. The number of likely N-dealkylation sites (tertiary alicyclic amines) is 1. The summed E-state index contributed by atoms with van der Waals surface area (Å²) in [6.07, 6.45) is 6.24. The van der Waals surface area contributed by atoms with Crippen molar-refractivity contribution in [3.05, 3.63) is 0 Å². The number of hydrogen-bond donors (Lipinski definition) is 1. The van der Waals surface area contributed by atoms with Crippen LogP contribution >= 0.6 is 0 Å². The van der Waals surface area contributed by atoms with Crippen molar-refractivity contribution >= 4 is 5.91 Å². The summed E-state index contributed by atoms with van der Waals surface area (Å²) in [5.41, 5.74) is 0. The first kappa shape index (κ1) is 13.8. The molecule has 0 aliphatic carbocycles. The molecule has 0 aromatic carbocycles. The van der Waals surface area contributed by atoms with Crippen LogP contribution < -0.4 is 5.32 Å². The first-order valence-electron chi connectivity index (χ1n) is 7.43. The summed E-state index contributed by atoms with van der Waals surface area (Å²) in [5.74, 6) is 1.12. The van der Waals surface area contributed by atoms with Crippen molar-refractivity contribution in [3.8, 4) is 0 Å². The van der Waals surface area contributed by atoms with Crippen LogP contribution in [-0.4, -0.2) is 62.0 Å². The van der Waals surface area contributed by atoms with Gasteiger partial charge in [0.1, 0.15) is 0 Å². The minimum absolute atomic E-state index is 0.316. The lowest BCUT2D eigenvalue weighted by Crippen LogP contribution is -2.38. The molecule has 1 atom stereocenters. The Morgan fingerprint density at radius 1 is 1.33 bits per heavy atom. The second-order valence-electron chi connectivity index (χ2n) is 5.83. The van der Waals surface area contributed by atoms with Crippen LogP contribution in [0.2, 0.25) is 0 Å². The first-order chi connectivity index (χ1) is 8.75. The van der Waals surface area contributed by atoms with E-state index in [1.807, 2.05) is 4.90 Å². The summed E-state index contributed by atoms with van der Waals surface area (Å²) in [4.78, 5) is 16.2. The Hall–Kier alpha value is -0.610. The average Bonchev–Trinajstić information content (AvgIpc) is 2.91. The molecule has 1 amide bonds. The molecule has 2 heterocycles. The maximum Gasteiger partial charge on any atom is 0.236 e. The maximum absolute atomic E-state index is 12.0. The number of carbonyl (C=O) groups is 1. The highest BCUT2D eigenvalue weighted by atomic mass is 16.2. The van der Waals surface area contributed by atoms with Gasteiger partial charge in [-0.3, -0.25) is 9.69 Å². The molecular weight excluding hydrogens is 226 g/mol. The molecule has 2 aliphatic heterocycles. The van der Waals surface area contributed by atoms with Gasteiger partial charge in [0, 0.05) is 13.1 Å². The van der Waals surface area contributed by atoms with Crippen molar-refractivity contribution in [1.29, 1.82) is 0 Å². The molecule has 2 rings (SSSR count). The molecule has 0 bridgehead atoms. The molecule has 18 heavy (non-hydrogen) atoms. The van der Waals surface area contributed by atoms with E-state index in [0.29, 0.717) is 12.5 Å². The lowest BCUT2D eigenvalue weighted by molar-refractivity contribution is -0.131. The number of piperidine rings is 1. The third-order valence-corrected chi connectivity index (χ3v) is 4.18. The Balaban J connectivity index is 1.61. The summed E-state index contributed by atoms with van der Waals surface area (Å²) >= 11 is 0. The van der Waals surface area contributed by atoms with Gasteiger partial charge in [-0.05, 0) is 64.7 Å². The van der Waals surface area contributed by atoms with Gasteiger partial charge in [0.05, 0.1) is 6.54 Å². The smallest absolute Gasteiger partial charge is 0.236 e. The highest BCUT2D eigenvalue weighted by molar-refractivity contribution is 5.78. The lowest BCUT2D eigenvalue weighted by atomic mass is 9.96. The minimum Gasteiger partial charge on any atom is -0.342 e. The van der Waals surface area contributed by atoms with E-state index in [4.69, 9.17) is 0 Å². The van der Waals surface area contributed by atoms with E-state index < -0.39 is 0 Å². The molecule has 104 valence electrons. The van der Waals surface area contributed by atoms with Crippen LogP contribution in [0.1, 0.15) is 32.1 Å². The van der Waals surface area contributed by atoms with Gasteiger partial charge >= 0.3 is 0 Å². The van der Waals surface area contributed by atoms with Gasteiger partial charge in [-0.1, -0.05) is 0 Å². The predicted octanol–water partition coefficient (Wildman–Crippen LogP) is 0.930. The van der Waals surface area contributed by atoms with Crippen molar-refractivity contribution in [3.63, 3.8) is 0 Å². The third kappa shape index (κ3) is 4.25. The van der Waals surface area contributed by atoms with E-state index in [0.717, 1.165) is 32.1 Å². The fourth-order valence-corrected chi connectivity index (χ4v) is 2.95. The summed E-state index contributed by atoms with van der Waals surface area (Å²) in [7, 11) is 2.07. The molecule has 4 heteroatoms. The highest BCUT2D eigenvalue weighted by Crippen LogP contribution is 2.14. The molecule has 2 saturated heterocycles. The van der Waals surface area contributed by atoms with Gasteiger partial charge in [0.15, 0.2) is 0 Å². The van der Waals surface area contributed by atoms with Crippen LogP contribution in [0.25, 0.3) is 0 Å². The van der Waals surface area contributed by atoms with E-state index in [1.165, 1.54) is 38.6 Å². The largest absolute Gasteiger partial charge is 0.342 e. The monoisotopic (exact) mass is 253 g/mol. The van der Waals surface area contributed by atoms with Gasteiger partial charge in [0.25, 0.3) is 0 Å². The van der Waals surface area contributed by atoms with Crippen LogP contribution in [0, 0.1) is 5.92 Å². The molecule has 4 nitrogen and oxygen atoms in total. The Kier molecular flexibility index (Phi) is 5.45. The molecule has 0 spiro atoms. The maximum atomic E-state index is 12.0. The minimum atomic E-state index is 0.316. The Morgan fingerprint density at radius 3 is 2.78 bits per heavy atom. The molecule has 0 aromatic heterocycles. The molecule has 1 unspecified atom stereocenters. The highest BCUT2D eigenvalue weighted by Gasteiger charge is 2.19. The zero-order valence-electron chi connectivity index (χ0n) is 11.7. The van der Waals surface area contributed by atoms with Gasteiger partial charge in [-0.2, -0.15) is 0 Å². The summed E-state index contributed by atoms with van der Waals surface area (Å²) in [6.45, 7) is 5.93. The fraction of sp³-hybridized carbons (Fsp3) is 0.929. The Labute approximate surface area is 111 Å². The van der Waals surface area contributed by atoms with Crippen LogP contribution in [0.3, 0.4) is 0 Å². The van der Waals surface area contributed by atoms with E-state index in [1.54, 1.807) is 0 Å². The van der Waals surface area contributed by atoms with E-state index in [2.05, 4.69) is 17.3 Å². The van der Waals surface area contributed by atoms with Crippen LogP contribution in [0.4, 0.5) is 0 Å². The first-order valence-corrected chi connectivity index (χ1v) is 7.43. The molecule has 0 aromatic rings. The Bertz CT molecular complexity index is 258.